The van der Waals surface area contributed by atoms with Crippen LogP contribution in [0.4, 0.5) is 5.69 Å². The summed E-state index contributed by atoms with van der Waals surface area (Å²) in [6, 6.07) is 15.4. The first kappa shape index (κ1) is 22.8. The number of rotatable bonds is 5. The maximum Gasteiger partial charge on any atom is 0.260 e. The number of nitrogens with zero attached hydrogens (tertiary/aromatic N) is 3. The number of para-hydroxylation sites is 2. The van der Waals surface area contributed by atoms with Crippen LogP contribution >= 0.6 is 12.4 Å². The van der Waals surface area contributed by atoms with Gasteiger partial charge in [-0.1, -0.05) is 41.6 Å². The van der Waals surface area contributed by atoms with Crippen LogP contribution in [-0.2, 0) is 9.63 Å². The zero-order valence-corrected chi connectivity index (χ0v) is 19.1. The predicted molar refractivity (Wildman–Crippen MR) is 131 cm³/mol. The van der Waals surface area contributed by atoms with Gasteiger partial charge in [-0.2, -0.15) is 0 Å². The van der Waals surface area contributed by atoms with Gasteiger partial charge < -0.3 is 25.1 Å². The molecule has 0 saturated carbocycles. The SMILES string of the molecule is CN1CCC(NC(=O)CO/N=C2/C(c3c(O)[nH]c4ccccc34)=Nc3ccccc32)CC1.Cl. The van der Waals surface area contributed by atoms with E-state index in [9.17, 15) is 9.90 Å². The third-order valence-electron chi connectivity index (χ3n) is 5.97. The Bertz CT molecular complexity index is 1230. The number of piperidine rings is 1. The number of carbonyl (C=O) groups is 1. The Labute approximate surface area is 197 Å². The zero-order chi connectivity index (χ0) is 22.1. The molecule has 3 aromatic rings. The Morgan fingerprint density at radius 1 is 1.21 bits per heavy atom. The van der Waals surface area contributed by atoms with Gasteiger partial charge in [0, 0.05) is 22.5 Å². The number of nitrogens with one attached hydrogen (secondary N) is 2. The molecule has 1 fully saturated rings. The molecule has 8 nitrogen and oxygen atoms in total. The van der Waals surface area contributed by atoms with E-state index in [1.54, 1.807) is 0 Å². The van der Waals surface area contributed by atoms with E-state index in [1.165, 1.54) is 0 Å². The average molecular weight is 468 g/mol. The summed E-state index contributed by atoms with van der Waals surface area (Å²) in [5.74, 6) is -0.172. The minimum atomic E-state index is -0.191. The quantitative estimate of drug-likeness (QED) is 0.500. The molecule has 0 aliphatic carbocycles. The standard InChI is InChI=1S/C24H25N5O3.ClH/c1-29-12-10-15(11-13-29)25-20(30)14-32-28-22-17-7-3-5-9-19(17)26-23(22)21-16-6-2-4-8-18(16)27-24(21)31;/h2-9,15,27,31H,10-14H2,1H3,(H,25,30);1H/b28-22+;. The van der Waals surface area contributed by atoms with Crippen LogP contribution in [0.25, 0.3) is 10.9 Å². The van der Waals surface area contributed by atoms with E-state index in [1.807, 2.05) is 48.5 Å². The van der Waals surface area contributed by atoms with Gasteiger partial charge in [0.1, 0.15) is 11.4 Å². The number of halogens is 1. The number of benzene rings is 2. The second kappa shape index (κ2) is 9.64. The number of hydrogen-bond donors (Lipinski definition) is 3. The van der Waals surface area contributed by atoms with Crippen LogP contribution in [0.5, 0.6) is 5.88 Å². The lowest BCUT2D eigenvalue weighted by atomic mass is 10.0. The Kier molecular flexibility index (Phi) is 6.67. The lowest BCUT2D eigenvalue weighted by Crippen LogP contribution is -2.44. The molecular formula is C24H26ClN5O3. The Balaban J connectivity index is 0.00000259. The third kappa shape index (κ3) is 4.58. The summed E-state index contributed by atoms with van der Waals surface area (Å²) in [7, 11) is 2.08. The minimum absolute atomic E-state index is 0. The van der Waals surface area contributed by atoms with E-state index in [2.05, 4.69) is 27.4 Å². The topological polar surface area (TPSA) is 102 Å². The van der Waals surface area contributed by atoms with Gasteiger partial charge in [-0.05, 0) is 45.1 Å². The van der Waals surface area contributed by atoms with E-state index in [0.29, 0.717) is 17.0 Å². The third-order valence-corrected chi connectivity index (χ3v) is 5.97. The fourth-order valence-electron chi connectivity index (χ4n) is 4.28. The van der Waals surface area contributed by atoms with Gasteiger partial charge in [0.15, 0.2) is 12.5 Å². The first-order valence-corrected chi connectivity index (χ1v) is 10.8. The van der Waals surface area contributed by atoms with Crippen molar-refractivity contribution in [2.45, 2.75) is 18.9 Å². The molecule has 9 heteroatoms. The highest BCUT2D eigenvalue weighted by molar-refractivity contribution is 6.58. The largest absolute Gasteiger partial charge is 0.494 e. The first-order valence-electron chi connectivity index (χ1n) is 10.8. The summed E-state index contributed by atoms with van der Waals surface area (Å²) in [5.41, 5.74) is 3.91. The second-order valence-electron chi connectivity index (χ2n) is 8.23. The number of aromatic nitrogens is 1. The van der Waals surface area contributed by atoms with Crippen LogP contribution in [0, 0.1) is 0 Å². The number of aliphatic imine (C=N–C) groups is 1. The fraction of sp³-hybridized carbons (Fsp3) is 0.292. The molecule has 0 spiro atoms. The maximum absolute atomic E-state index is 12.4. The smallest absolute Gasteiger partial charge is 0.260 e. The van der Waals surface area contributed by atoms with E-state index < -0.39 is 0 Å². The van der Waals surface area contributed by atoms with Crippen molar-refractivity contribution >= 4 is 46.3 Å². The van der Waals surface area contributed by atoms with E-state index in [-0.39, 0.29) is 36.8 Å². The van der Waals surface area contributed by atoms with Gasteiger partial charge in [-0.3, -0.25) is 4.79 Å². The summed E-state index contributed by atoms with van der Waals surface area (Å²) in [5, 5.41) is 18.8. The van der Waals surface area contributed by atoms with Crippen molar-refractivity contribution in [1.29, 1.82) is 0 Å². The number of oxime groups is 1. The average Bonchev–Trinajstić information content (AvgIpc) is 3.31. The highest BCUT2D eigenvalue weighted by Crippen LogP contribution is 2.35. The monoisotopic (exact) mass is 467 g/mol. The molecule has 2 aliphatic heterocycles. The normalized spacial score (nSPS) is 17.5. The van der Waals surface area contributed by atoms with Crippen LogP contribution in [0.1, 0.15) is 24.0 Å². The summed E-state index contributed by atoms with van der Waals surface area (Å²) in [6.45, 7) is 1.77. The number of H-pyrrole nitrogens is 1. The van der Waals surface area contributed by atoms with E-state index in [0.717, 1.165) is 48.1 Å². The molecule has 2 aromatic carbocycles. The van der Waals surface area contributed by atoms with Crippen LogP contribution < -0.4 is 5.32 Å². The molecule has 0 bridgehead atoms. The molecule has 2 aliphatic rings. The number of aromatic hydroxyl groups is 1. The van der Waals surface area contributed by atoms with Crippen LogP contribution in [0.15, 0.2) is 58.7 Å². The molecule has 1 aromatic heterocycles. The van der Waals surface area contributed by atoms with Gasteiger partial charge in [0.25, 0.3) is 5.91 Å². The predicted octanol–water partition coefficient (Wildman–Crippen LogP) is 3.36. The van der Waals surface area contributed by atoms with E-state index >= 15 is 0 Å². The zero-order valence-electron chi connectivity index (χ0n) is 18.2. The van der Waals surface area contributed by atoms with Gasteiger partial charge in [0.05, 0.1) is 11.3 Å². The molecule has 3 N–H and O–H groups in total. The van der Waals surface area contributed by atoms with Crippen molar-refractivity contribution in [3.05, 3.63) is 59.7 Å². The first-order chi connectivity index (χ1) is 15.6. The number of aromatic amines is 1. The Morgan fingerprint density at radius 3 is 2.76 bits per heavy atom. The summed E-state index contributed by atoms with van der Waals surface area (Å²) in [6.07, 6.45) is 1.86. The molecule has 3 heterocycles. The second-order valence-corrected chi connectivity index (χ2v) is 8.23. The van der Waals surface area contributed by atoms with Gasteiger partial charge in [-0.25, -0.2) is 4.99 Å². The number of fused-ring (bicyclic) bond motifs is 2. The molecule has 33 heavy (non-hydrogen) atoms. The lowest BCUT2D eigenvalue weighted by molar-refractivity contribution is -0.126. The molecular weight excluding hydrogens is 442 g/mol. The molecule has 1 saturated heterocycles. The number of amides is 1. The molecule has 172 valence electrons. The Morgan fingerprint density at radius 2 is 1.94 bits per heavy atom. The summed E-state index contributed by atoms with van der Waals surface area (Å²) < 4.78 is 0. The van der Waals surface area contributed by atoms with Crippen molar-refractivity contribution in [3.63, 3.8) is 0 Å². The molecule has 1 amide bonds. The fourth-order valence-corrected chi connectivity index (χ4v) is 4.28. The highest BCUT2D eigenvalue weighted by atomic mass is 35.5. The summed E-state index contributed by atoms with van der Waals surface area (Å²) >= 11 is 0. The van der Waals surface area contributed by atoms with Crippen LogP contribution in [0.3, 0.4) is 0 Å². The van der Waals surface area contributed by atoms with Gasteiger partial charge >= 0.3 is 0 Å². The highest BCUT2D eigenvalue weighted by Gasteiger charge is 2.29. The molecule has 0 radical (unpaired) electrons. The van der Waals surface area contributed by atoms with Crippen molar-refractivity contribution in [3.8, 4) is 5.88 Å². The number of hydrogen-bond acceptors (Lipinski definition) is 6. The maximum atomic E-state index is 12.4. The molecule has 5 rings (SSSR count). The van der Waals surface area contributed by atoms with E-state index in [4.69, 9.17) is 9.83 Å². The van der Waals surface area contributed by atoms with Crippen molar-refractivity contribution in [1.82, 2.24) is 15.2 Å². The lowest BCUT2D eigenvalue weighted by Gasteiger charge is -2.29. The van der Waals surface area contributed by atoms with Gasteiger partial charge in [-0.15, -0.1) is 12.4 Å². The number of carbonyl (C=O) groups excluding carboxylic acids is 1. The Hall–Kier alpha value is -3.36. The molecule has 0 atom stereocenters. The van der Waals surface area contributed by atoms with Crippen molar-refractivity contribution < 1.29 is 14.7 Å². The van der Waals surface area contributed by atoms with Gasteiger partial charge in [0.2, 0.25) is 0 Å². The van der Waals surface area contributed by atoms with Crippen molar-refractivity contribution in [2.24, 2.45) is 10.1 Å². The number of likely N-dealkylation sites (tertiary alicyclic amines) is 1. The summed E-state index contributed by atoms with van der Waals surface area (Å²) in [4.78, 5) is 27.8. The minimum Gasteiger partial charge on any atom is -0.494 e. The molecule has 0 unspecified atom stereocenters. The van der Waals surface area contributed by atoms with Crippen molar-refractivity contribution in [2.75, 3.05) is 26.7 Å². The van der Waals surface area contributed by atoms with Crippen LogP contribution in [-0.4, -0.2) is 65.1 Å². The van der Waals surface area contributed by atoms with Crippen LogP contribution in [0.2, 0.25) is 0 Å².